The van der Waals surface area contributed by atoms with Gasteiger partial charge in [-0.15, -0.1) is 23.4 Å². The van der Waals surface area contributed by atoms with E-state index >= 15 is 0 Å². The molecule has 0 radical (unpaired) electrons. The van der Waals surface area contributed by atoms with E-state index < -0.39 is 40.7 Å². The number of hydrogen-bond donors (Lipinski definition) is 1. The highest BCUT2D eigenvalue weighted by atomic mass is 32.2. The second-order valence-electron chi connectivity index (χ2n) is 9.08. The number of carbonyl (C=O) groups excluding carboxylic acids is 1. The predicted molar refractivity (Wildman–Crippen MR) is 145 cm³/mol. The van der Waals surface area contributed by atoms with Gasteiger partial charge in [0.2, 0.25) is 21.1 Å². The molecule has 1 N–H and O–H groups in total. The highest BCUT2D eigenvalue weighted by molar-refractivity contribution is 8.26. The van der Waals surface area contributed by atoms with Crippen LogP contribution in [0.5, 0.6) is 11.5 Å². The maximum atomic E-state index is 13.6. The van der Waals surface area contributed by atoms with Crippen molar-refractivity contribution in [1.82, 2.24) is 19.5 Å². The largest absolute Gasteiger partial charge is 0.573 e. The molecular formula is C24H22F5N7O5S2. The van der Waals surface area contributed by atoms with Gasteiger partial charge in [0.05, 0.1) is 11.4 Å². The van der Waals surface area contributed by atoms with Crippen molar-refractivity contribution >= 4 is 44.2 Å². The molecule has 0 saturated carbocycles. The smallest absolute Gasteiger partial charge is 0.435 e. The van der Waals surface area contributed by atoms with Gasteiger partial charge in [-0.25, -0.2) is 13.4 Å². The van der Waals surface area contributed by atoms with Gasteiger partial charge in [-0.05, 0) is 53.7 Å². The lowest BCUT2D eigenvalue weighted by Crippen LogP contribution is -2.61. The Bertz CT molecular complexity index is 1540. The average Bonchev–Trinajstić information content (AvgIpc) is 3.40. The Labute approximate surface area is 245 Å². The fourth-order valence-electron chi connectivity index (χ4n) is 4.31. The average molecular weight is 648 g/mol. The number of carbonyl (C=O) groups is 1. The van der Waals surface area contributed by atoms with Crippen LogP contribution in [0.25, 0.3) is 0 Å². The number of alkyl halides is 5. The molecule has 0 aromatic heterocycles. The van der Waals surface area contributed by atoms with Gasteiger partial charge < -0.3 is 19.7 Å². The van der Waals surface area contributed by atoms with Gasteiger partial charge in [0.1, 0.15) is 17.5 Å². The SMILES string of the molecule is O=C(NCc1ccc(OC(F)F)cc1)[C@H]1CN(C2=NN3CC=NN=C3S2)CCN1S(=O)(=O)c1ccc(OC(F)(F)F)cc1. The summed E-state index contributed by atoms with van der Waals surface area (Å²) < 4.78 is 99.0. The van der Waals surface area contributed by atoms with Gasteiger partial charge in [0, 0.05) is 32.4 Å². The number of hydrogen-bond acceptors (Lipinski definition) is 11. The van der Waals surface area contributed by atoms with Gasteiger partial charge in [-0.1, -0.05) is 12.1 Å². The minimum Gasteiger partial charge on any atom is -0.435 e. The Kier molecular flexibility index (Phi) is 8.74. The fourth-order valence-corrected chi connectivity index (χ4v) is 6.79. The van der Waals surface area contributed by atoms with E-state index in [1.165, 1.54) is 36.0 Å². The zero-order valence-corrected chi connectivity index (χ0v) is 23.5. The summed E-state index contributed by atoms with van der Waals surface area (Å²) in [5.74, 6) is -1.34. The standard InChI is InChI=1S/C24H22F5N7O5S2/c25-21(26)40-16-3-1-15(2-4-16)13-30-20(37)19-14-34(23-33-35-10-9-31-32-22(35)42-23)11-12-36(19)43(38,39)18-7-5-17(6-8-18)41-24(27,28)29/h1-9,19,21H,10-14H2,(H,30,37)/t19-/m1/s1. The first kappa shape index (κ1) is 30.5. The Hall–Kier alpha value is -3.97. The van der Waals surface area contributed by atoms with Crippen molar-refractivity contribution in [2.45, 2.75) is 30.5 Å². The summed E-state index contributed by atoms with van der Waals surface area (Å²) in [4.78, 5) is 14.9. The van der Waals surface area contributed by atoms with E-state index in [0.717, 1.165) is 28.6 Å². The summed E-state index contributed by atoms with van der Waals surface area (Å²) in [6.45, 7) is -2.76. The first-order chi connectivity index (χ1) is 20.4. The molecule has 1 fully saturated rings. The Morgan fingerprint density at radius 2 is 1.74 bits per heavy atom. The molecule has 12 nitrogen and oxygen atoms in total. The molecule has 2 aromatic carbocycles. The van der Waals surface area contributed by atoms with E-state index in [4.69, 9.17) is 0 Å². The number of thioether (sulfide) groups is 1. The molecule has 3 heterocycles. The number of benzene rings is 2. The molecule has 43 heavy (non-hydrogen) atoms. The Morgan fingerprint density at radius 3 is 2.40 bits per heavy atom. The van der Waals surface area contributed by atoms with Gasteiger partial charge in [0.25, 0.3) is 0 Å². The maximum absolute atomic E-state index is 13.6. The molecule has 0 spiro atoms. The molecule has 0 bridgehead atoms. The fraction of sp³-hybridized carbons (Fsp3) is 0.333. The molecule has 19 heteroatoms. The summed E-state index contributed by atoms with van der Waals surface area (Å²) in [6.07, 6.45) is -3.39. The van der Waals surface area contributed by atoms with Gasteiger partial charge in [0.15, 0.2) is 5.17 Å². The van der Waals surface area contributed by atoms with E-state index in [0.29, 0.717) is 22.4 Å². The molecule has 5 rings (SSSR count). The third-order valence-corrected chi connectivity index (χ3v) is 9.19. The minimum absolute atomic E-state index is 0.0563. The van der Waals surface area contributed by atoms with Crippen LogP contribution < -0.4 is 14.8 Å². The molecule has 0 unspecified atom stereocenters. The molecule has 1 saturated heterocycles. The topological polar surface area (TPSA) is 128 Å². The predicted octanol–water partition coefficient (Wildman–Crippen LogP) is 2.85. The normalized spacial score (nSPS) is 19.2. The monoisotopic (exact) mass is 647 g/mol. The van der Waals surface area contributed by atoms with Crippen molar-refractivity contribution in [3.05, 3.63) is 54.1 Å². The summed E-state index contributed by atoms with van der Waals surface area (Å²) in [5.41, 5.74) is 0.530. The molecule has 3 aliphatic rings. The van der Waals surface area contributed by atoms with Crippen LogP contribution in [0.15, 0.2) is 68.7 Å². The molecular weight excluding hydrogens is 625 g/mol. The number of fused-ring (bicyclic) bond motifs is 1. The van der Waals surface area contributed by atoms with Crippen molar-refractivity contribution in [2.75, 3.05) is 26.2 Å². The van der Waals surface area contributed by atoms with Crippen molar-refractivity contribution in [2.24, 2.45) is 15.3 Å². The van der Waals surface area contributed by atoms with E-state index in [2.05, 4.69) is 30.1 Å². The second kappa shape index (κ2) is 12.3. The zero-order valence-electron chi connectivity index (χ0n) is 21.8. The third kappa shape index (κ3) is 7.34. The number of nitrogens with zero attached hydrogens (tertiary/aromatic N) is 6. The van der Waals surface area contributed by atoms with Gasteiger partial charge in [-0.2, -0.15) is 18.2 Å². The van der Waals surface area contributed by atoms with Crippen LogP contribution >= 0.6 is 11.8 Å². The minimum atomic E-state index is -4.96. The lowest BCUT2D eigenvalue weighted by Gasteiger charge is -2.39. The zero-order chi connectivity index (χ0) is 30.8. The lowest BCUT2D eigenvalue weighted by atomic mass is 10.2. The summed E-state index contributed by atoms with van der Waals surface area (Å²) in [5, 5.41) is 17.6. The number of ether oxygens (including phenoxy) is 2. The van der Waals surface area contributed by atoms with Crippen LogP contribution in [0.2, 0.25) is 0 Å². The maximum Gasteiger partial charge on any atom is 0.573 e. The van der Waals surface area contributed by atoms with Crippen LogP contribution in [0.1, 0.15) is 5.56 Å². The first-order valence-corrected chi connectivity index (χ1v) is 14.7. The number of rotatable bonds is 8. The van der Waals surface area contributed by atoms with Crippen LogP contribution in [0, 0.1) is 0 Å². The number of piperazine rings is 1. The van der Waals surface area contributed by atoms with Crippen molar-refractivity contribution in [3.63, 3.8) is 0 Å². The molecule has 3 aliphatic heterocycles. The molecule has 1 atom stereocenters. The molecule has 2 aromatic rings. The van der Waals surface area contributed by atoms with Crippen molar-refractivity contribution in [1.29, 1.82) is 0 Å². The number of sulfonamides is 1. The lowest BCUT2D eigenvalue weighted by molar-refractivity contribution is -0.274. The second-order valence-corrected chi connectivity index (χ2v) is 11.9. The molecule has 0 aliphatic carbocycles. The quantitative estimate of drug-likeness (QED) is 0.434. The van der Waals surface area contributed by atoms with Gasteiger partial charge >= 0.3 is 13.0 Å². The third-order valence-electron chi connectivity index (χ3n) is 6.27. The van der Waals surface area contributed by atoms with Crippen LogP contribution in [0.4, 0.5) is 22.0 Å². The van der Waals surface area contributed by atoms with E-state index in [1.54, 1.807) is 16.1 Å². The number of halogens is 5. The Morgan fingerprint density at radius 1 is 1.05 bits per heavy atom. The number of amidine groups is 2. The Balaban J connectivity index is 1.35. The highest BCUT2D eigenvalue weighted by Crippen LogP contribution is 2.30. The van der Waals surface area contributed by atoms with Crippen molar-refractivity contribution in [3.8, 4) is 11.5 Å². The van der Waals surface area contributed by atoms with E-state index in [-0.39, 0.29) is 36.8 Å². The van der Waals surface area contributed by atoms with E-state index in [9.17, 15) is 35.2 Å². The van der Waals surface area contributed by atoms with Crippen LogP contribution in [-0.2, 0) is 21.4 Å². The summed E-state index contributed by atoms with van der Waals surface area (Å²) in [7, 11) is -4.36. The van der Waals surface area contributed by atoms with Crippen molar-refractivity contribution < 1.29 is 44.6 Å². The van der Waals surface area contributed by atoms with Crippen LogP contribution in [-0.4, -0.2) is 90.3 Å². The van der Waals surface area contributed by atoms with Crippen LogP contribution in [0.3, 0.4) is 0 Å². The van der Waals surface area contributed by atoms with Gasteiger partial charge in [-0.3, -0.25) is 4.79 Å². The summed E-state index contributed by atoms with van der Waals surface area (Å²) >= 11 is 1.21. The summed E-state index contributed by atoms with van der Waals surface area (Å²) in [6, 6.07) is 7.93. The van der Waals surface area contributed by atoms with E-state index in [1.807, 2.05) is 0 Å². The highest BCUT2D eigenvalue weighted by Gasteiger charge is 2.42. The molecule has 230 valence electrons. The number of amides is 1. The number of nitrogens with one attached hydrogen (secondary N) is 1. The first-order valence-electron chi connectivity index (χ1n) is 12.5. The number of hydrazone groups is 1. The molecule has 1 amide bonds.